The van der Waals surface area contributed by atoms with Crippen LogP contribution in [0.2, 0.25) is 4.34 Å². The molecule has 0 saturated carbocycles. The van der Waals surface area contributed by atoms with Gasteiger partial charge in [-0.1, -0.05) is 11.6 Å². The van der Waals surface area contributed by atoms with Crippen molar-refractivity contribution in [3.05, 3.63) is 62.1 Å². The summed E-state index contributed by atoms with van der Waals surface area (Å²) in [5.41, 5.74) is -1.18. The molecule has 0 unspecified atom stereocenters. The zero-order valence-electron chi connectivity index (χ0n) is 9.89. The average molecular weight is 339 g/mol. The fourth-order valence-corrected chi connectivity index (χ4v) is 2.42. The predicted molar refractivity (Wildman–Crippen MR) is 68.9 cm³/mol. The first kappa shape index (κ1) is 15.7. The van der Waals surface area contributed by atoms with Crippen LogP contribution in [0.5, 0.6) is 0 Å². The van der Waals surface area contributed by atoms with Crippen molar-refractivity contribution in [1.82, 2.24) is 0 Å². The summed E-state index contributed by atoms with van der Waals surface area (Å²) in [6, 6.07) is 2.81. The van der Waals surface area contributed by atoms with E-state index in [1.54, 1.807) is 0 Å². The molecule has 2 aromatic rings. The molecule has 0 fully saturated rings. The minimum atomic E-state index is -2.25. The summed E-state index contributed by atoms with van der Waals surface area (Å²) in [6.07, 6.45) is 1.24. The van der Waals surface area contributed by atoms with Crippen LogP contribution in [0.4, 0.5) is 22.0 Å². The van der Waals surface area contributed by atoms with Crippen LogP contribution < -0.4 is 0 Å². The van der Waals surface area contributed by atoms with Crippen LogP contribution in [0.1, 0.15) is 15.2 Å². The van der Waals surface area contributed by atoms with E-state index in [-0.39, 0.29) is 4.88 Å². The van der Waals surface area contributed by atoms with E-state index in [2.05, 4.69) is 0 Å². The van der Waals surface area contributed by atoms with Crippen molar-refractivity contribution in [3.8, 4) is 0 Å². The highest BCUT2D eigenvalue weighted by atomic mass is 35.5. The van der Waals surface area contributed by atoms with Crippen molar-refractivity contribution in [2.24, 2.45) is 0 Å². The Morgan fingerprint density at radius 2 is 1.48 bits per heavy atom. The van der Waals surface area contributed by atoms with Gasteiger partial charge in [0.1, 0.15) is 0 Å². The molecule has 0 N–H and O–H groups in total. The molecule has 0 bridgehead atoms. The fourth-order valence-electron chi connectivity index (χ4n) is 1.46. The minimum Gasteiger partial charge on any atom is -0.288 e. The van der Waals surface area contributed by atoms with Gasteiger partial charge in [-0.25, -0.2) is 22.0 Å². The highest BCUT2D eigenvalue weighted by molar-refractivity contribution is 7.18. The van der Waals surface area contributed by atoms with Gasteiger partial charge in [-0.2, -0.15) is 0 Å². The largest absolute Gasteiger partial charge is 0.288 e. The van der Waals surface area contributed by atoms with Crippen molar-refractivity contribution >= 4 is 34.8 Å². The van der Waals surface area contributed by atoms with E-state index in [0.717, 1.165) is 11.3 Å². The summed E-state index contributed by atoms with van der Waals surface area (Å²) >= 11 is 6.53. The first-order chi connectivity index (χ1) is 9.82. The number of hydrogen-bond donors (Lipinski definition) is 0. The van der Waals surface area contributed by atoms with Gasteiger partial charge in [0.2, 0.25) is 5.82 Å². The second kappa shape index (κ2) is 5.95. The monoisotopic (exact) mass is 338 g/mol. The highest BCUT2D eigenvalue weighted by Gasteiger charge is 2.24. The molecule has 1 nitrogen and oxygen atoms in total. The van der Waals surface area contributed by atoms with E-state index < -0.39 is 40.4 Å². The normalized spacial score (nSPS) is 11.3. The minimum absolute atomic E-state index is 0.167. The first-order valence-corrected chi connectivity index (χ1v) is 6.51. The van der Waals surface area contributed by atoms with Crippen LogP contribution in [0.3, 0.4) is 0 Å². The van der Waals surface area contributed by atoms with Gasteiger partial charge in [0, 0.05) is 0 Å². The Morgan fingerprint density at radius 3 is 1.95 bits per heavy atom. The molecular formula is C13H4ClF5OS. The molecule has 1 aromatic heterocycles. The van der Waals surface area contributed by atoms with Crippen LogP contribution in [0.25, 0.3) is 6.08 Å². The quantitative estimate of drug-likeness (QED) is 0.253. The van der Waals surface area contributed by atoms with E-state index in [1.165, 1.54) is 12.1 Å². The molecule has 0 aliphatic carbocycles. The molecule has 8 heteroatoms. The van der Waals surface area contributed by atoms with E-state index in [4.69, 9.17) is 11.6 Å². The fraction of sp³-hybridized carbons (Fsp3) is 0. The van der Waals surface area contributed by atoms with Gasteiger partial charge in [-0.05, 0) is 24.3 Å². The highest BCUT2D eigenvalue weighted by Crippen LogP contribution is 2.25. The van der Waals surface area contributed by atoms with Crippen molar-refractivity contribution in [2.75, 3.05) is 0 Å². The van der Waals surface area contributed by atoms with Gasteiger partial charge in [0.15, 0.2) is 29.1 Å². The lowest BCUT2D eigenvalue weighted by atomic mass is 10.1. The lowest BCUT2D eigenvalue weighted by Gasteiger charge is -2.03. The number of allylic oxidation sites excluding steroid dienone is 1. The molecule has 0 atom stereocenters. The number of ketones is 1. The molecule has 0 spiro atoms. The third kappa shape index (κ3) is 2.98. The summed E-state index contributed by atoms with van der Waals surface area (Å²) in [5, 5.41) is 0. The van der Waals surface area contributed by atoms with Crippen molar-refractivity contribution < 1.29 is 26.7 Å². The third-order valence-electron chi connectivity index (χ3n) is 2.46. The third-order valence-corrected chi connectivity index (χ3v) is 3.71. The second-order valence-electron chi connectivity index (χ2n) is 3.78. The summed E-state index contributed by atoms with van der Waals surface area (Å²) in [7, 11) is 0. The Labute approximate surface area is 124 Å². The van der Waals surface area contributed by atoms with Gasteiger partial charge in [-0.3, -0.25) is 4.79 Å². The molecule has 110 valence electrons. The summed E-state index contributed by atoms with van der Waals surface area (Å²) in [4.78, 5) is 11.8. The van der Waals surface area contributed by atoms with Crippen molar-refractivity contribution in [1.29, 1.82) is 0 Å². The van der Waals surface area contributed by atoms with Gasteiger partial charge in [-0.15, -0.1) is 11.3 Å². The number of thiophene rings is 1. The van der Waals surface area contributed by atoms with E-state index in [0.29, 0.717) is 16.5 Å². The number of rotatable bonds is 3. The smallest absolute Gasteiger partial charge is 0.200 e. The van der Waals surface area contributed by atoms with E-state index >= 15 is 0 Å². The predicted octanol–water partition coefficient (Wildman–Crippen LogP) is 4.99. The Morgan fingerprint density at radius 1 is 0.952 bits per heavy atom. The zero-order valence-corrected chi connectivity index (χ0v) is 11.5. The lowest BCUT2D eigenvalue weighted by Crippen LogP contribution is -2.04. The first-order valence-electron chi connectivity index (χ1n) is 5.32. The number of halogens is 6. The molecule has 0 aliphatic heterocycles. The van der Waals surface area contributed by atoms with Crippen LogP contribution >= 0.6 is 22.9 Å². The molecule has 0 amide bonds. The lowest BCUT2D eigenvalue weighted by molar-refractivity contribution is 0.105. The maximum Gasteiger partial charge on any atom is 0.200 e. The number of carbonyl (C=O) groups is 1. The van der Waals surface area contributed by atoms with Gasteiger partial charge in [0.05, 0.1) is 14.8 Å². The standard InChI is InChI=1S/C13H4ClF5OS/c14-8-4-3-7(21-8)6(20)2-1-5-9(15)11(17)13(19)12(18)10(5)16/h1-4H/b2-1+. The van der Waals surface area contributed by atoms with E-state index in [1.807, 2.05) is 0 Å². The maximum atomic E-state index is 13.4. The van der Waals surface area contributed by atoms with Crippen LogP contribution in [0.15, 0.2) is 18.2 Å². The maximum absolute atomic E-state index is 13.4. The molecule has 0 radical (unpaired) electrons. The van der Waals surface area contributed by atoms with Crippen molar-refractivity contribution in [2.45, 2.75) is 0 Å². The van der Waals surface area contributed by atoms with Gasteiger partial charge < -0.3 is 0 Å². The molecule has 0 saturated heterocycles. The average Bonchev–Trinajstić information content (AvgIpc) is 2.89. The van der Waals surface area contributed by atoms with Gasteiger partial charge in [0.25, 0.3) is 0 Å². The van der Waals surface area contributed by atoms with Crippen LogP contribution in [0, 0.1) is 29.1 Å². The Kier molecular flexibility index (Phi) is 4.43. The Bertz CT molecular complexity index is 724. The zero-order chi connectivity index (χ0) is 15.7. The Balaban J connectivity index is 2.40. The van der Waals surface area contributed by atoms with E-state index in [9.17, 15) is 26.7 Å². The molecule has 1 heterocycles. The summed E-state index contributed by atoms with van der Waals surface area (Å²) < 4.78 is 65.8. The summed E-state index contributed by atoms with van der Waals surface area (Å²) in [6.45, 7) is 0. The molecule has 2 rings (SSSR count). The molecule has 21 heavy (non-hydrogen) atoms. The molecule has 0 aliphatic rings. The molecular weight excluding hydrogens is 335 g/mol. The van der Waals surface area contributed by atoms with Crippen LogP contribution in [-0.2, 0) is 0 Å². The Hall–Kier alpha value is -1.73. The summed E-state index contributed by atoms with van der Waals surface area (Å²) in [5.74, 6) is -11.1. The van der Waals surface area contributed by atoms with Crippen molar-refractivity contribution in [3.63, 3.8) is 0 Å². The van der Waals surface area contributed by atoms with Gasteiger partial charge >= 0.3 is 0 Å². The topological polar surface area (TPSA) is 17.1 Å². The number of benzene rings is 1. The second-order valence-corrected chi connectivity index (χ2v) is 5.50. The number of carbonyl (C=O) groups excluding carboxylic acids is 1. The molecule has 1 aromatic carbocycles. The number of hydrogen-bond acceptors (Lipinski definition) is 2. The SMILES string of the molecule is O=C(/C=C/c1c(F)c(F)c(F)c(F)c1F)c1ccc(Cl)s1. The van der Waals surface area contributed by atoms with Crippen LogP contribution in [-0.4, -0.2) is 5.78 Å².